The SMILES string of the molecule is CC/C=C\C/C=C\C/C=C\C/C=C\C/C=C\CCCC(=O)OCC(COC(=O)CCCCCCC/C=C\C/C=C\C/C=C\CC)OC(=O)CCCCCC/C=C\C/C=C\C/C=C\C/C=C\CC. The van der Waals surface area contributed by atoms with Crippen LogP contribution in [-0.2, 0) is 28.6 Å². The first-order valence-corrected chi connectivity index (χ1v) is 26.3. The number of rotatable bonds is 45. The molecule has 0 aromatic rings. The predicted molar refractivity (Wildman–Crippen MR) is 288 cm³/mol. The summed E-state index contributed by atoms with van der Waals surface area (Å²) in [4.78, 5) is 38.0. The van der Waals surface area contributed by atoms with E-state index >= 15 is 0 Å². The third kappa shape index (κ3) is 52.1. The van der Waals surface area contributed by atoms with E-state index in [1.54, 1.807) is 0 Å². The minimum atomic E-state index is -0.828. The average Bonchev–Trinajstić information content (AvgIpc) is 3.33. The Morgan fingerprint density at radius 3 is 0.896 bits per heavy atom. The molecule has 0 heterocycles. The summed E-state index contributed by atoms with van der Waals surface area (Å²) in [6.45, 7) is 6.19. The molecule has 0 aromatic heterocycles. The zero-order valence-electron chi connectivity index (χ0n) is 42.6. The predicted octanol–water partition coefficient (Wildman–Crippen LogP) is 17.6. The molecule has 0 aliphatic heterocycles. The maximum atomic E-state index is 12.8. The first-order valence-electron chi connectivity index (χ1n) is 26.3. The van der Waals surface area contributed by atoms with Crippen molar-refractivity contribution < 1.29 is 28.6 Å². The summed E-state index contributed by atoms with van der Waals surface area (Å²) in [6, 6.07) is 0. The third-order valence-electron chi connectivity index (χ3n) is 10.3. The van der Waals surface area contributed by atoms with Crippen LogP contribution in [0.25, 0.3) is 0 Å². The van der Waals surface area contributed by atoms with E-state index in [9.17, 15) is 14.4 Å². The van der Waals surface area contributed by atoms with Crippen LogP contribution in [0, 0.1) is 0 Å². The van der Waals surface area contributed by atoms with E-state index in [2.05, 4.69) is 167 Å². The summed E-state index contributed by atoms with van der Waals surface area (Å²) in [5.74, 6) is -1.03. The van der Waals surface area contributed by atoms with E-state index in [1.807, 2.05) is 0 Å². The fourth-order valence-corrected chi connectivity index (χ4v) is 6.48. The summed E-state index contributed by atoms with van der Waals surface area (Å²) in [5, 5.41) is 0. The van der Waals surface area contributed by atoms with Crippen molar-refractivity contribution in [1.82, 2.24) is 0 Å². The van der Waals surface area contributed by atoms with Crippen molar-refractivity contribution in [3.63, 3.8) is 0 Å². The van der Waals surface area contributed by atoms with Crippen LogP contribution in [0.4, 0.5) is 0 Å². The summed E-state index contributed by atoms with van der Waals surface area (Å²) < 4.78 is 16.7. The molecule has 0 bridgehead atoms. The van der Waals surface area contributed by atoms with Gasteiger partial charge >= 0.3 is 17.9 Å². The molecule has 0 radical (unpaired) electrons. The summed E-state index contributed by atoms with van der Waals surface area (Å²) in [5.41, 5.74) is 0. The number of allylic oxidation sites excluding steroid dienone is 24. The number of hydrogen-bond donors (Lipinski definition) is 0. The lowest BCUT2D eigenvalue weighted by molar-refractivity contribution is -0.167. The molecule has 6 nitrogen and oxygen atoms in total. The maximum Gasteiger partial charge on any atom is 0.306 e. The Balaban J connectivity index is 4.59. The van der Waals surface area contributed by atoms with Gasteiger partial charge in [0.15, 0.2) is 6.10 Å². The van der Waals surface area contributed by atoms with Crippen LogP contribution in [0.1, 0.15) is 201 Å². The van der Waals surface area contributed by atoms with Gasteiger partial charge in [0.2, 0.25) is 0 Å². The summed E-state index contributed by atoms with van der Waals surface area (Å²) in [7, 11) is 0. The first-order chi connectivity index (χ1) is 33.0. The van der Waals surface area contributed by atoms with Crippen LogP contribution in [0.15, 0.2) is 146 Å². The van der Waals surface area contributed by atoms with Crippen molar-refractivity contribution in [2.75, 3.05) is 13.2 Å². The number of esters is 3. The second-order valence-electron chi connectivity index (χ2n) is 16.6. The van der Waals surface area contributed by atoms with Crippen molar-refractivity contribution >= 4 is 17.9 Å². The molecule has 0 aromatic carbocycles. The van der Waals surface area contributed by atoms with Gasteiger partial charge in [-0.3, -0.25) is 14.4 Å². The molecule has 0 N–H and O–H groups in total. The smallest absolute Gasteiger partial charge is 0.306 e. The summed E-state index contributed by atoms with van der Waals surface area (Å²) in [6.07, 6.45) is 76.9. The van der Waals surface area contributed by atoms with Crippen molar-refractivity contribution in [2.45, 2.75) is 207 Å². The normalized spacial score (nSPS) is 13.3. The molecule has 0 saturated heterocycles. The quantitative estimate of drug-likeness (QED) is 0.0262. The molecule has 0 spiro atoms. The van der Waals surface area contributed by atoms with E-state index in [0.717, 1.165) is 154 Å². The van der Waals surface area contributed by atoms with Gasteiger partial charge in [-0.2, -0.15) is 0 Å². The molecule has 0 saturated carbocycles. The number of carbonyl (C=O) groups is 3. The Labute approximate surface area is 410 Å². The van der Waals surface area contributed by atoms with Gasteiger partial charge in [-0.15, -0.1) is 0 Å². The summed E-state index contributed by atoms with van der Waals surface area (Å²) >= 11 is 0. The van der Waals surface area contributed by atoms with Crippen molar-refractivity contribution in [3.8, 4) is 0 Å². The minimum Gasteiger partial charge on any atom is -0.462 e. The lowest BCUT2D eigenvalue weighted by atomic mass is 10.1. The first kappa shape index (κ1) is 62.3. The van der Waals surface area contributed by atoms with Crippen molar-refractivity contribution in [2.24, 2.45) is 0 Å². The fourth-order valence-electron chi connectivity index (χ4n) is 6.48. The Hall–Kier alpha value is -4.71. The van der Waals surface area contributed by atoms with Crippen LogP contribution in [0.2, 0.25) is 0 Å². The Morgan fingerprint density at radius 2 is 0.552 bits per heavy atom. The van der Waals surface area contributed by atoms with Gasteiger partial charge in [0.05, 0.1) is 0 Å². The monoisotopic (exact) mass is 923 g/mol. The van der Waals surface area contributed by atoms with E-state index in [0.29, 0.717) is 12.8 Å². The number of carbonyl (C=O) groups excluding carboxylic acids is 3. The van der Waals surface area contributed by atoms with E-state index in [1.165, 1.54) is 0 Å². The number of hydrogen-bond acceptors (Lipinski definition) is 6. The molecule has 67 heavy (non-hydrogen) atoms. The second kappa shape index (κ2) is 53.9. The van der Waals surface area contributed by atoms with Gasteiger partial charge < -0.3 is 14.2 Å². The van der Waals surface area contributed by atoms with Gasteiger partial charge in [0, 0.05) is 19.3 Å². The maximum absolute atomic E-state index is 12.8. The average molecular weight is 923 g/mol. The molecule has 6 heteroatoms. The molecular weight excluding hydrogens is 829 g/mol. The Kier molecular flexibility index (Phi) is 50.1. The number of unbranched alkanes of at least 4 members (excludes halogenated alkanes) is 10. The van der Waals surface area contributed by atoms with E-state index in [-0.39, 0.29) is 44.0 Å². The highest BCUT2D eigenvalue weighted by atomic mass is 16.6. The van der Waals surface area contributed by atoms with Gasteiger partial charge in [0.1, 0.15) is 13.2 Å². The third-order valence-corrected chi connectivity index (χ3v) is 10.3. The molecule has 0 rings (SSSR count). The lowest BCUT2D eigenvalue weighted by Gasteiger charge is -2.18. The van der Waals surface area contributed by atoms with Gasteiger partial charge in [0.25, 0.3) is 0 Å². The van der Waals surface area contributed by atoms with Crippen molar-refractivity contribution in [3.05, 3.63) is 146 Å². The zero-order chi connectivity index (χ0) is 48.6. The Morgan fingerprint density at radius 1 is 0.299 bits per heavy atom. The van der Waals surface area contributed by atoms with Crippen LogP contribution in [0.3, 0.4) is 0 Å². The zero-order valence-corrected chi connectivity index (χ0v) is 42.6. The minimum absolute atomic E-state index is 0.121. The highest BCUT2D eigenvalue weighted by molar-refractivity contribution is 5.71. The molecule has 1 atom stereocenters. The standard InChI is InChI=1S/C61H94O6/c1-4-7-10-13-16-19-22-25-28-30-33-36-39-42-45-48-51-54-60(63)66-57-58(56-65-59(62)53-50-47-44-41-38-35-32-27-24-21-18-15-12-9-6-3)67-61(64)55-52-49-46-43-40-37-34-31-29-26-23-20-17-14-11-8-5-2/h7-12,16-21,25-29,32-34,36-37,42,45,58H,4-6,13-15,22-24,30-31,35,38-41,43-44,46-57H2,1-3H3/b10-7-,11-8-,12-9-,19-16-,20-17-,21-18-,28-25-,29-26-,32-27-,36-33-,37-34-,45-42-. The molecule has 0 fully saturated rings. The topological polar surface area (TPSA) is 78.9 Å². The van der Waals surface area contributed by atoms with Gasteiger partial charge in [-0.1, -0.05) is 199 Å². The fraction of sp³-hybridized carbons (Fsp3) is 0.557. The molecule has 0 aliphatic carbocycles. The molecular formula is C61H94O6. The van der Waals surface area contributed by atoms with Crippen LogP contribution < -0.4 is 0 Å². The Bertz CT molecular complexity index is 1530. The van der Waals surface area contributed by atoms with Gasteiger partial charge in [-0.05, 0) is 128 Å². The second-order valence-corrected chi connectivity index (χ2v) is 16.6. The number of ether oxygens (including phenoxy) is 3. The molecule has 1 unspecified atom stereocenters. The largest absolute Gasteiger partial charge is 0.462 e. The van der Waals surface area contributed by atoms with E-state index in [4.69, 9.17) is 14.2 Å². The van der Waals surface area contributed by atoms with Crippen LogP contribution >= 0.6 is 0 Å². The van der Waals surface area contributed by atoms with Crippen LogP contribution in [-0.4, -0.2) is 37.2 Å². The highest BCUT2D eigenvalue weighted by Crippen LogP contribution is 2.12. The van der Waals surface area contributed by atoms with E-state index < -0.39 is 6.10 Å². The van der Waals surface area contributed by atoms with Crippen LogP contribution in [0.5, 0.6) is 0 Å². The lowest BCUT2D eigenvalue weighted by Crippen LogP contribution is -2.30. The molecule has 0 aliphatic rings. The molecule has 0 amide bonds. The van der Waals surface area contributed by atoms with Gasteiger partial charge in [-0.25, -0.2) is 0 Å². The highest BCUT2D eigenvalue weighted by Gasteiger charge is 2.19. The molecule has 374 valence electrons. The van der Waals surface area contributed by atoms with Crippen molar-refractivity contribution in [1.29, 1.82) is 0 Å².